The monoisotopic (exact) mass is 334 g/mol. The molecule has 3 heterocycles. The third-order valence-electron chi connectivity index (χ3n) is 4.73. The van der Waals surface area contributed by atoms with Crippen LogP contribution in [0.1, 0.15) is 46.0 Å². The van der Waals surface area contributed by atoms with Crippen molar-refractivity contribution < 1.29 is 4.74 Å². The van der Waals surface area contributed by atoms with E-state index in [1.54, 1.807) is 0 Å². The normalized spacial score (nSPS) is 17.9. The number of hydrogen-bond donors (Lipinski definition) is 3. The van der Waals surface area contributed by atoms with E-state index in [1.165, 1.54) is 45.2 Å². The number of nitrogens with one attached hydrogen (secondary N) is 2. The summed E-state index contributed by atoms with van der Waals surface area (Å²) in [6.07, 6.45) is 6.47. The lowest BCUT2D eigenvalue weighted by atomic mass is 9.92. The Bertz CT molecular complexity index is 544. The van der Waals surface area contributed by atoms with Crippen LogP contribution in [0.2, 0.25) is 0 Å². The van der Waals surface area contributed by atoms with Gasteiger partial charge >= 0.3 is 6.01 Å². The molecule has 0 radical (unpaired) electrons. The van der Waals surface area contributed by atoms with E-state index in [-0.39, 0.29) is 6.10 Å². The Morgan fingerprint density at radius 3 is 2.79 bits per heavy atom. The van der Waals surface area contributed by atoms with Gasteiger partial charge in [0.05, 0.1) is 12.8 Å². The van der Waals surface area contributed by atoms with Gasteiger partial charge in [-0.15, -0.1) is 0 Å². The number of nitrogen functional groups attached to an aromatic ring is 1. The van der Waals surface area contributed by atoms with Gasteiger partial charge in [0.25, 0.3) is 0 Å². The van der Waals surface area contributed by atoms with Crippen LogP contribution >= 0.6 is 0 Å². The second-order valence-corrected chi connectivity index (χ2v) is 7.04. The lowest BCUT2D eigenvalue weighted by molar-refractivity contribution is 0.223. The number of anilines is 3. The largest absolute Gasteiger partial charge is 0.461 e. The summed E-state index contributed by atoms with van der Waals surface area (Å²) in [5.74, 6) is 2.24. The van der Waals surface area contributed by atoms with Crippen molar-refractivity contribution in [1.29, 1.82) is 0 Å². The number of unbranched alkanes of at least 4 members (excludes halogenated alkanes) is 1. The van der Waals surface area contributed by atoms with Gasteiger partial charge in [0, 0.05) is 6.54 Å². The van der Waals surface area contributed by atoms with Crippen LogP contribution in [0.5, 0.6) is 6.01 Å². The molecule has 1 aromatic heterocycles. The number of rotatable bonds is 7. The molecule has 0 unspecified atom stereocenters. The molecule has 134 valence electrons. The number of nitrogens with zero attached hydrogens (tertiary/aromatic N) is 3. The molecular weight excluding hydrogens is 304 g/mol. The van der Waals surface area contributed by atoms with Gasteiger partial charge in [-0.2, -0.15) is 9.97 Å². The van der Waals surface area contributed by atoms with Crippen molar-refractivity contribution >= 4 is 17.3 Å². The Morgan fingerprint density at radius 2 is 2.04 bits per heavy atom. The van der Waals surface area contributed by atoms with Gasteiger partial charge in [-0.05, 0) is 52.1 Å². The third-order valence-corrected chi connectivity index (χ3v) is 4.73. The maximum Gasteiger partial charge on any atom is 0.320 e. The molecule has 3 rings (SSSR count). The Morgan fingerprint density at radius 1 is 1.25 bits per heavy atom. The maximum atomic E-state index is 6.04. The maximum absolute atomic E-state index is 6.04. The zero-order chi connectivity index (χ0) is 16.9. The van der Waals surface area contributed by atoms with Gasteiger partial charge in [0.1, 0.15) is 5.69 Å². The molecular formula is C17H30N6O. The molecule has 24 heavy (non-hydrogen) atoms. The second kappa shape index (κ2) is 7.88. The van der Waals surface area contributed by atoms with E-state index in [1.807, 2.05) is 13.8 Å². The zero-order valence-corrected chi connectivity index (χ0v) is 14.8. The smallest absolute Gasteiger partial charge is 0.320 e. The highest BCUT2D eigenvalue weighted by Gasteiger charge is 2.25. The summed E-state index contributed by atoms with van der Waals surface area (Å²) < 4.78 is 5.61. The lowest BCUT2D eigenvalue weighted by Gasteiger charge is -2.23. The second-order valence-electron chi connectivity index (χ2n) is 7.04. The SMILES string of the molecule is CC(C)Oc1nc(N)c2c(n1)N(CCCCC1CCNCC1)CN2. The minimum absolute atomic E-state index is 0.0373. The topological polar surface area (TPSA) is 88.3 Å². The highest BCUT2D eigenvalue weighted by molar-refractivity contribution is 5.80. The molecule has 1 fully saturated rings. The predicted octanol–water partition coefficient (Wildman–Crippen LogP) is 2.21. The van der Waals surface area contributed by atoms with Gasteiger partial charge in [-0.3, -0.25) is 0 Å². The van der Waals surface area contributed by atoms with Crippen LogP contribution in [-0.4, -0.2) is 42.4 Å². The summed E-state index contributed by atoms with van der Waals surface area (Å²) >= 11 is 0. The number of fused-ring (bicyclic) bond motifs is 1. The van der Waals surface area contributed by atoms with Crippen LogP contribution in [-0.2, 0) is 0 Å². The fourth-order valence-corrected chi connectivity index (χ4v) is 3.45. The summed E-state index contributed by atoms with van der Waals surface area (Å²) in [5.41, 5.74) is 6.87. The first kappa shape index (κ1) is 17.1. The molecule has 0 aliphatic carbocycles. The van der Waals surface area contributed by atoms with E-state index >= 15 is 0 Å². The third kappa shape index (κ3) is 4.20. The first-order valence-corrected chi connectivity index (χ1v) is 9.17. The van der Waals surface area contributed by atoms with E-state index in [4.69, 9.17) is 10.5 Å². The van der Waals surface area contributed by atoms with Crippen LogP contribution < -0.4 is 26.0 Å². The van der Waals surface area contributed by atoms with E-state index in [2.05, 4.69) is 25.5 Å². The number of aromatic nitrogens is 2. The fraction of sp³-hybridized carbons (Fsp3) is 0.765. The molecule has 7 nitrogen and oxygen atoms in total. The molecule has 0 spiro atoms. The molecule has 2 aliphatic rings. The highest BCUT2D eigenvalue weighted by Crippen LogP contribution is 2.35. The summed E-state index contributed by atoms with van der Waals surface area (Å²) in [6.45, 7) is 8.02. The predicted molar refractivity (Wildman–Crippen MR) is 97.5 cm³/mol. The van der Waals surface area contributed by atoms with E-state index in [9.17, 15) is 0 Å². The minimum atomic E-state index is 0.0373. The first-order valence-electron chi connectivity index (χ1n) is 9.17. The Kier molecular flexibility index (Phi) is 5.60. The number of hydrogen-bond acceptors (Lipinski definition) is 7. The van der Waals surface area contributed by atoms with Crippen molar-refractivity contribution in [3.8, 4) is 6.01 Å². The van der Waals surface area contributed by atoms with Crippen LogP contribution in [0.4, 0.5) is 17.3 Å². The van der Waals surface area contributed by atoms with Crippen LogP contribution in [0.3, 0.4) is 0 Å². The van der Waals surface area contributed by atoms with Gasteiger partial charge < -0.3 is 26.0 Å². The fourth-order valence-electron chi connectivity index (χ4n) is 3.45. The lowest BCUT2D eigenvalue weighted by Crippen LogP contribution is -2.28. The minimum Gasteiger partial charge on any atom is -0.461 e. The summed E-state index contributed by atoms with van der Waals surface area (Å²) in [4.78, 5) is 11.0. The Labute approximate surface area is 144 Å². The number of nitrogens with two attached hydrogens (primary N) is 1. The molecule has 0 amide bonds. The summed E-state index contributed by atoms with van der Waals surface area (Å²) in [7, 11) is 0. The number of ether oxygens (including phenoxy) is 1. The van der Waals surface area contributed by atoms with Gasteiger partial charge in [-0.1, -0.05) is 12.8 Å². The molecule has 0 atom stereocenters. The van der Waals surface area contributed by atoms with E-state index in [0.29, 0.717) is 11.8 Å². The summed E-state index contributed by atoms with van der Waals surface area (Å²) in [6, 6.07) is 0.365. The quantitative estimate of drug-likeness (QED) is 0.659. The highest BCUT2D eigenvalue weighted by atomic mass is 16.5. The van der Waals surface area contributed by atoms with Crippen molar-refractivity contribution in [3.63, 3.8) is 0 Å². The van der Waals surface area contributed by atoms with Crippen molar-refractivity contribution in [3.05, 3.63) is 0 Å². The molecule has 1 saturated heterocycles. The summed E-state index contributed by atoms with van der Waals surface area (Å²) in [5, 5.41) is 6.73. The average Bonchev–Trinajstić information content (AvgIpc) is 2.95. The molecule has 0 bridgehead atoms. The Balaban J connectivity index is 1.52. The van der Waals surface area contributed by atoms with E-state index in [0.717, 1.165) is 30.6 Å². The van der Waals surface area contributed by atoms with Crippen molar-refractivity contribution in [2.24, 2.45) is 5.92 Å². The molecule has 2 aliphatic heterocycles. The van der Waals surface area contributed by atoms with Gasteiger partial charge in [-0.25, -0.2) is 0 Å². The Hall–Kier alpha value is -1.76. The van der Waals surface area contributed by atoms with Gasteiger partial charge in [0.2, 0.25) is 0 Å². The van der Waals surface area contributed by atoms with Crippen LogP contribution in [0, 0.1) is 5.92 Å². The van der Waals surface area contributed by atoms with Crippen LogP contribution in [0.15, 0.2) is 0 Å². The number of piperidine rings is 1. The van der Waals surface area contributed by atoms with E-state index < -0.39 is 0 Å². The van der Waals surface area contributed by atoms with Crippen molar-refractivity contribution in [2.75, 3.05) is 42.3 Å². The van der Waals surface area contributed by atoms with Crippen molar-refractivity contribution in [2.45, 2.75) is 52.1 Å². The standard InChI is InChI=1S/C17H30N6O/c1-12(2)24-17-21-15(18)14-16(22-17)23(11-20-14)10-4-3-5-13-6-8-19-9-7-13/h12-13,19-20H,3-11H2,1-2H3,(H2,18,21,22). The first-order chi connectivity index (χ1) is 11.6. The van der Waals surface area contributed by atoms with Crippen molar-refractivity contribution in [1.82, 2.24) is 15.3 Å². The van der Waals surface area contributed by atoms with Crippen LogP contribution in [0.25, 0.3) is 0 Å². The molecule has 4 N–H and O–H groups in total. The molecule has 1 aromatic rings. The molecule has 7 heteroatoms. The molecule has 0 saturated carbocycles. The zero-order valence-electron chi connectivity index (χ0n) is 14.8. The van der Waals surface area contributed by atoms with Gasteiger partial charge in [0.15, 0.2) is 11.6 Å². The average molecular weight is 334 g/mol. The molecule has 0 aromatic carbocycles.